The molecule has 0 unspecified atom stereocenters. The van der Waals surface area contributed by atoms with Gasteiger partial charge in [-0.2, -0.15) is 0 Å². The van der Waals surface area contributed by atoms with Gasteiger partial charge in [0.15, 0.2) is 0 Å². The molecule has 0 bridgehead atoms. The number of halogens is 1. The third kappa shape index (κ3) is 3.87. The van der Waals surface area contributed by atoms with E-state index in [1.54, 1.807) is 0 Å². The summed E-state index contributed by atoms with van der Waals surface area (Å²) in [5, 5.41) is 0.584. The summed E-state index contributed by atoms with van der Waals surface area (Å²) in [5.41, 5.74) is 0.819. The van der Waals surface area contributed by atoms with Crippen molar-refractivity contribution in [1.29, 1.82) is 0 Å². The highest BCUT2D eigenvalue weighted by Gasteiger charge is 2.52. The van der Waals surface area contributed by atoms with Gasteiger partial charge in [0.1, 0.15) is 0 Å². The normalized spacial score (nSPS) is 22.3. The lowest BCUT2D eigenvalue weighted by Gasteiger charge is -2.32. The van der Waals surface area contributed by atoms with E-state index in [9.17, 15) is 4.79 Å². The molecule has 2 fully saturated rings. The Morgan fingerprint density at radius 1 is 1.16 bits per heavy atom. The average Bonchev–Trinajstić information content (AvgIpc) is 2.78. The third-order valence-electron chi connectivity index (χ3n) is 5.29. The molecule has 2 aliphatic rings. The number of rotatable bonds is 3. The van der Waals surface area contributed by atoms with Crippen LogP contribution in [0.1, 0.15) is 33.3 Å². The Hall–Kier alpha value is -1.08. The number of ether oxygens (including phenoxy) is 1. The number of carbonyl (C=O) groups excluding carboxylic acids is 1. The van der Waals surface area contributed by atoms with Crippen LogP contribution in [0.3, 0.4) is 0 Å². The molecule has 2 saturated heterocycles. The highest BCUT2D eigenvalue weighted by molar-refractivity contribution is 6.65. The van der Waals surface area contributed by atoms with Crippen molar-refractivity contribution < 1.29 is 18.8 Å². The Kier molecular flexibility index (Phi) is 5.17. The molecule has 7 heteroatoms. The second-order valence-electron chi connectivity index (χ2n) is 7.61. The van der Waals surface area contributed by atoms with Crippen molar-refractivity contribution in [2.75, 3.05) is 26.3 Å². The first-order chi connectivity index (χ1) is 11.7. The molecule has 1 aromatic rings. The van der Waals surface area contributed by atoms with Gasteiger partial charge in [0, 0.05) is 23.6 Å². The summed E-state index contributed by atoms with van der Waals surface area (Å²) in [6, 6.07) is 5.61. The quantitative estimate of drug-likeness (QED) is 0.769. The van der Waals surface area contributed by atoms with E-state index in [2.05, 4.69) is 0 Å². The van der Waals surface area contributed by atoms with Gasteiger partial charge < -0.3 is 18.9 Å². The van der Waals surface area contributed by atoms with Gasteiger partial charge in [-0.15, -0.1) is 0 Å². The zero-order valence-corrected chi connectivity index (χ0v) is 16.1. The number of hydrogen-bond donors (Lipinski definition) is 0. The highest BCUT2D eigenvalue weighted by atomic mass is 35.5. The van der Waals surface area contributed by atoms with Crippen LogP contribution in [-0.2, 0) is 25.3 Å². The Bertz CT molecular complexity index is 642. The largest absolute Gasteiger partial charge is 0.496 e. The van der Waals surface area contributed by atoms with Crippen LogP contribution in [0, 0.1) is 0 Å². The van der Waals surface area contributed by atoms with E-state index in [-0.39, 0.29) is 5.91 Å². The van der Waals surface area contributed by atoms with Gasteiger partial charge in [0.05, 0.1) is 30.8 Å². The van der Waals surface area contributed by atoms with Crippen LogP contribution in [0.2, 0.25) is 5.02 Å². The van der Waals surface area contributed by atoms with Crippen LogP contribution in [-0.4, -0.2) is 55.4 Å². The van der Waals surface area contributed by atoms with E-state index in [1.807, 2.05) is 50.8 Å². The summed E-state index contributed by atoms with van der Waals surface area (Å²) in [4.78, 5) is 14.3. The van der Waals surface area contributed by atoms with Crippen LogP contribution >= 0.6 is 11.6 Å². The first-order valence-electron chi connectivity index (χ1n) is 8.69. The van der Waals surface area contributed by atoms with Crippen molar-refractivity contribution in [1.82, 2.24) is 4.90 Å². The molecule has 0 aliphatic carbocycles. The molecule has 3 rings (SSSR count). The summed E-state index contributed by atoms with van der Waals surface area (Å²) in [7, 11) is -0.532. The molecule has 5 nitrogen and oxygen atoms in total. The Labute approximate surface area is 154 Å². The van der Waals surface area contributed by atoms with Crippen LogP contribution in [0.4, 0.5) is 0 Å². The molecular weight excluding hydrogens is 340 g/mol. The van der Waals surface area contributed by atoms with E-state index < -0.39 is 18.3 Å². The lowest BCUT2D eigenvalue weighted by molar-refractivity contribution is -0.134. The molecule has 0 saturated carbocycles. The van der Waals surface area contributed by atoms with Gasteiger partial charge in [-0.1, -0.05) is 23.7 Å². The fourth-order valence-electron chi connectivity index (χ4n) is 2.95. The molecule has 0 atom stereocenters. The maximum Gasteiger partial charge on any atom is 0.496 e. The fourth-order valence-corrected chi connectivity index (χ4v) is 3.16. The summed E-state index contributed by atoms with van der Waals surface area (Å²) in [6.45, 7) is 10.5. The number of morpholine rings is 1. The lowest BCUT2D eigenvalue weighted by Crippen LogP contribution is -2.41. The highest BCUT2D eigenvalue weighted by Crippen LogP contribution is 2.37. The van der Waals surface area contributed by atoms with Crippen molar-refractivity contribution in [2.24, 2.45) is 0 Å². The van der Waals surface area contributed by atoms with Crippen LogP contribution in [0.25, 0.3) is 0 Å². The molecule has 0 radical (unpaired) electrons. The van der Waals surface area contributed by atoms with Crippen LogP contribution in [0.15, 0.2) is 18.2 Å². The molecule has 1 aromatic carbocycles. The lowest BCUT2D eigenvalue weighted by atomic mass is 9.78. The average molecular weight is 366 g/mol. The van der Waals surface area contributed by atoms with Gasteiger partial charge >= 0.3 is 7.12 Å². The predicted octanol–water partition coefficient (Wildman–Crippen LogP) is 2.04. The zero-order valence-electron chi connectivity index (χ0n) is 15.3. The van der Waals surface area contributed by atoms with E-state index in [4.69, 9.17) is 25.6 Å². The summed E-state index contributed by atoms with van der Waals surface area (Å²) in [5.74, 6) is 0.102. The number of amides is 1. The molecular formula is C18H25BClNO4. The number of nitrogens with zero attached hydrogens (tertiary/aromatic N) is 1. The van der Waals surface area contributed by atoms with Gasteiger partial charge in [-0.3, -0.25) is 4.79 Å². The number of carbonyl (C=O) groups is 1. The zero-order chi connectivity index (χ0) is 18.2. The number of benzene rings is 1. The second-order valence-corrected chi connectivity index (χ2v) is 8.02. The Morgan fingerprint density at radius 2 is 1.76 bits per heavy atom. The van der Waals surface area contributed by atoms with Crippen molar-refractivity contribution in [3.8, 4) is 0 Å². The molecule has 1 amide bonds. The van der Waals surface area contributed by atoms with Crippen molar-refractivity contribution in [2.45, 2.75) is 45.3 Å². The summed E-state index contributed by atoms with van der Waals surface area (Å²) >= 11 is 6.38. The minimum atomic E-state index is -0.532. The SMILES string of the molecule is CC1(C)OB(c2cc(CC(=O)N3CCOCC3)ccc2Cl)OC1(C)C. The van der Waals surface area contributed by atoms with Crippen molar-refractivity contribution in [3.63, 3.8) is 0 Å². The predicted molar refractivity (Wildman–Crippen MR) is 98.3 cm³/mol. The topological polar surface area (TPSA) is 48.0 Å². The first-order valence-corrected chi connectivity index (χ1v) is 9.07. The summed E-state index contributed by atoms with van der Waals surface area (Å²) < 4.78 is 17.5. The van der Waals surface area contributed by atoms with Crippen molar-refractivity contribution >= 4 is 30.1 Å². The first kappa shape index (κ1) is 18.7. The summed E-state index contributed by atoms with van der Waals surface area (Å²) in [6.07, 6.45) is 0.337. The van der Waals surface area contributed by atoms with Crippen molar-refractivity contribution in [3.05, 3.63) is 28.8 Å². The fraction of sp³-hybridized carbons (Fsp3) is 0.611. The van der Waals surface area contributed by atoms with E-state index in [0.717, 1.165) is 11.0 Å². The Balaban J connectivity index is 1.76. The maximum absolute atomic E-state index is 12.5. The smallest absolute Gasteiger partial charge is 0.399 e. The van der Waals surface area contributed by atoms with Gasteiger partial charge in [0.25, 0.3) is 0 Å². The van der Waals surface area contributed by atoms with E-state index in [1.165, 1.54) is 0 Å². The standard InChI is InChI=1S/C18H25BClNO4/c1-17(2)18(3,4)25-19(24-17)14-11-13(5-6-15(14)20)12-16(22)21-7-9-23-10-8-21/h5-6,11H,7-10,12H2,1-4H3. The molecule has 2 aliphatic heterocycles. The minimum absolute atomic E-state index is 0.102. The van der Waals surface area contributed by atoms with Gasteiger partial charge in [0.2, 0.25) is 5.91 Å². The maximum atomic E-state index is 12.5. The molecule has 136 valence electrons. The van der Waals surface area contributed by atoms with Gasteiger partial charge in [-0.05, 0) is 39.3 Å². The van der Waals surface area contributed by atoms with Crippen LogP contribution in [0.5, 0.6) is 0 Å². The van der Waals surface area contributed by atoms with E-state index >= 15 is 0 Å². The van der Waals surface area contributed by atoms with E-state index in [0.29, 0.717) is 37.7 Å². The Morgan fingerprint density at radius 3 is 2.36 bits per heavy atom. The third-order valence-corrected chi connectivity index (χ3v) is 5.63. The molecule has 25 heavy (non-hydrogen) atoms. The van der Waals surface area contributed by atoms with Gasteiger partial charge in [-0.25, -0.2) is 0 Å². The number of hydrogen-bond acceptors (Lipinski definition) is 4. The molecule has 0 N–H and O–H groups in total. The van der Waals surface area contributed by atoms with Crippen LogP contribution < -0.4 is 5.46 Å². The molecule has 0 aromatic heterocycles. The molecule has 2 heterocycles. The monoisotopic (exact) mass is 365 g/mol. The molecule has 0 spiro atoms. The second kappa shape index (κ2) is 6.91. The minimum Gasteiger partial charge on any atom is -0.399 e.